The van der Waals surface area contributed by atoms with Crippen molar-refractivity contribution in [2.24, 2.45) is 0 Å². The second kappa shape index (κ2) is 6.10. The molecule has 0 amide bonds. The van der Waals surface area contributed by atoms with Crippen LogP contribution >= 0.6 is 15.9 Å². The zero-order chi connectivity index (χ0) is 14.7. The van der Waals surface area contributed by atoms with Gasteiger partial charge in [-0.1, -0.05) is 21.1 Å². The normalized spacial score (nSPS) is 10.6. The predicted molar refractivity (Wildman–Crippen MR) is 84.0 cm³/mol. The fraction of sp³-hybridized carbons (Fsp3) is 0.125. The highest BCUT2D eigenvalue weighted by Gasteiger charge is 2.10. The maximum atomic E-state index is 5.41. The first kappa shape index (κ1) is 13.8. The molecule has 21 heavy (non-hydrogen) atoms. The summed E-state index contributed by atoms with van der Waals surface area (Å²) in [5, 5.41) is 4.02. The Kier molecular flexibility index (Phi) is 4.01. The van der Waals surface area contributed by atoms with Crippen LogP contribution in [-0.4, -0.2) is 16.7 Å². The molecule has 3 rings (SSSR count). The Balaban J connectivity index is 1.85. The number of hydrogen-bond donors (Lipinski definition) is 0. The molecular weight excluding hydrogens is 332 g/mol. The van der Waals surface area contributed by atoms with Crippen LogP contribution < -0.4 is 4.74 Å². The van der Waals surface area contributed by atoms with Crippen molar-refractivity contribution in [3.05, 3.63) is 53.0 Å². The molecule has 0 unspecified atom stereocenters. The van der Waals surface area contributed by atoms with E-state index in [4.69, 9.17) is 9.26 Å². The predicted octanol–water partition coefficient (Wildman–Crippen LogP) is 4.56. The maximum absolute atomic E-state index is 5.41. The van der Waals surface area contributed by atoms with E-state index in [1.165, 1.54) is 0 Å². The second-order valence-corrected chi connectivity index (χ2v) is 5.30. The number of ether oxygens (including phenoxy) is 1. The van der Waals surface area contributed by atoms with Crippen molar-refractivity contribution < 1.29 is 9.26 Å². The standard InChI is InChI=1S/C16H13BrN2O2/c1-2-20-14-9-5-12(6-10-14)16-18-15(19-21-16)11-3-7-13(17)8-4-11/h3-10H,2H2,1H3. The number of nitrogens with zero attached hydrogens (tertiary/aromatic N) is 2. The first-order valence-electron chi connectivity index (χ1n) is 6.59. The third kappa shape index (κ3) is 3.13. The van der Waals surface area contributed by atoms with Gasteiger partial charge in [0.05, 0.1) is 6.61 Å². The fourth-order valence-corrected chi connectivity index (χ4v) is 2.18. The van der Waals surface area contributed by atoms with E-state index in [0.29, 0.717) is 18.3 Å². The molecule has 0 aliphatic heterocycles. The SMILES string of the molecule is CCOc1ccc(-c2nc(-c3ccc(Br)cc3)no2)cc1. The Hall–Kier alpha value is -2.14. The van der Waals surface area contributed by atoms with Crippen LogP contribution in [0.25, 0.3) is 22.8 Å². The summed E-state index contributed by atoms with van der Waals surface area (Å²) in [6.45, 7) is 2.60. The lowest BCUT2D eigenvalue weighted by Crippen LogP contribution is -1.90. The second-order valence-electron chi connectivity index (χ2n) is 4.39. The first-order valence-corrected chi connectivity index (χ1v) is 7.38. The summed E-state index contributed by atoms with van der Waals surface area (Å²) in [5.74, 6) is 1.90. The van der Waals surface area contributed by atoms with Crippen molar-refractivity contribution in [2.75, 3.05) is 6.61 Å². The molecule has 1 heterocycles. The average Bonchev–Trinajstić information content (AvgIpc) is 2.99. The van der Waals surface area contributed by atoms with Gasteiger partial charge in [-0.2, -0.15) is 4.98 Å². The van der Waals surface area contributed by atoms with Gasteiger partial charge < -0.3 is 9.26 Å². The minimum Gasteiger partial charge on any atom is -0.494 e. The number of aromatic nitrogens is 2. The van der Waals surface area contributed by atoms with Gasteiger partial charge in [0.15, 0.2) is 0 Å². The third-order valence-electron chi connectivity index (χ3n) is 2.94. The van der Waals surface area contributed by atoms with Gasteiger partial charge in [0.25, 0.3) is 5.89 Å². The molecule has 0 aliphatic rings. The fourth-order valence-electron chi connectivity index (χ4n) is 1.92. The molecular formula is C16H13BrN2O2. The molecule has 3 aromatic rings. The molecule has 0 N–H and O–H groups in total. The summed E-state index contributed by atoms with van der Waals surface area (Å²) in [4.78, 5) is 4.42. The van der Waals surface area contributed by atoms with E-state index in [-0.39, 0.29) is 0 Å². The molecule has 0 aliphatic carbocycles. The zero-order valence-electron chi connectivity index (χ0n) is 11.4. The highest BCUT2D eigenvalue weighted by molar-refractivity contribution is 9.10. The van der Waals surface area contributed by atoms with Crippen LogP contribution in [0, 0.1) is 0 Å². The van der Waals surface area contributed by atoms with Gasteiger partial charge in [-0.05, 0) is 55.5 Å². The van der Waals surface area contributed by atoms with Crippen molar-refractivity contribution in [3.63, 3.8) is 0 Å². The molecule has 4 nitrogen and oxygen atoms in total. The van der Waals surface area contributed by atoms with E-state index < -0.39 is 0 Å². The van der Waals surface area contributed by atoms with Crippen molar-refractivity contribution in [2.45, 2.75) is 6.92 Å². The Morgan fingerprint density at radius 2 is 1.67 bits per heavy atom. The lowest BCUT2D eigenvalue weighted by Gasteiger charge is -2.02. The Labute approximate surface area is 130 Å². The van der Waals surface area contributed by atoms with Crippen LogP contribution in [0.2, 0.25) is 0 Å². The highest BCUT2D eigenvalue weighted by atomic mass is 79.9. The van der Waals surface area contributed by atoms with Gasteiger partial charge in [0.2, 0.25) is 5.82 Å². The molecule has 0 saturated heterocycles. The Morgan fingerprint density at radius 3 is 2.33 bits per heavy atom. The van der Waals surface area contributed by atoms with Gasteiger partial charge in [0, 0.05) is 15.6 Å². The van der Waals surface area contributed by atoms with E-state index in [2.05, 4.69) is 26.1 Å². The summed E-state index contributed by atoms with van der Waals surface area (Å²) >= 11 is 3.40. The van der Waals surface area contributed by atoms with Crippen molar-refractivity contribution in [1.29, 1.82) is 0 Å². The maximum Gasteiger partial charge on any atom is 0.258 e. The van der Waals surface area contributed by atoms with Crippen LogP contribution in [-0.2, 0) is 0 Å². The van der Waals surface area contributed by atoms with Crippen LogP contribution in [0.5, 0.6) is 5.75 Å². The van der Waals surface area contributed by atoms with Crippen LogP contribution in [0.1, 0.15) is 6.92 Å². The minimum atomic E-state index is 0.496. The summed E-state index contributed by atoms with van der Waals surface area (Å²) in [5.41, 5.74) is 1.79. The quantitative estimate of drug-likeness (QED) is 0.695. The van der Waals surface area contributed by atoms with Gasteiger partial charge in [-0.15, -0.1) is 0 Å². The van der Waals surface area contributed by atoms with E-state index >= 15 is 0 Å². The first-order chi connectivity index (χ1) is 10.3. The Bertz CT molecular complexity index is 721. The molecule has 0 fully saturated rings. The molecule has 0 atom stereocenters. The smallest absolute Gasteiger partial charge is 0.258 e. The highest BCUT2D eigenvalue weighted by Crippen LogP contribution is 2.24. The molecule has 5 heteroatoms. The van der Waals surface area contributed by atoms with Crippen LogP contribution in [0.3, 0.4) is 0 Å². The van der Waals surface area contributed by atoms with E-state index in [1.54, 1.807) is 0 Å². The van der Waals surface area contributed by atoms with Crippen LogP contribution in [0.4, 0.5) is 0 Å². The number of benzene rings is 2. The zero-order valence-corrected chi connectivity index (χ0v) is 13.0. The largest absolute Gasteiger partial charge is 0.494 e. The minimum absolute atomic E-state index is 0.496. The van der Waals surface area contributed by atoms with Crippen molar-refractivity contribution in [3.8, 4) is 28.6 Å². The lowest BCUT2D eigenvalue weighted by atomic mass is 10.2. The molecule has 0 spiro atoms. The van der Waals surface area contributed by atoms with E-state index in [0.717, 1.165) is 21.3 Å². The molecule has 0 radical (unpaired) electrons. The van der Waals surface area contributed by atoms with E-state index in [1.807, 2.05) is 55.5 Å². The monoisotopic (exact) mass is 344 g/mol. The van der Waals surface area contributed by atoms with Gasteiger partial charge in [0.1, 0.15) is 5.75 Å². The number of hydrogen-bond acceptors (Lipinski definition) is 4. The summed E-state index contributed by atoms with van der Waals surface area (Å²) < 4.78 is 11.7. The summed E-state index contributed by atoms with van der Waals surface area (Å²) in [6.07, 6.45) is 0. The molecule has 2 aromatic carbocycles. The van der Waals surface area contributed by atoms with Gasteiger partial charge in [-0.25, -0.2) is 0 Å². The molecule has 106 valence electrons. The third-order valence-corrected chi connectivity index (χ3v) is 3.47. The topological polar surface area (TPSA) is 48.2 Å². The Morgan fingerprint density at radius 1 is 1.00 bits per heavy atom. The number of rotatable bonds is 4. The molecule has 0 bridgehead atoms. The number of halogens is 1. The van der Waals surface area contributed by atoms with Crippen LogP contribution in [0.15, 0.2) is 57.5 Å². The van der Waals surface area contributed by atoms with Gasteiger partial charge >= 0.3 is 0 Å². The van der Waals surface area contributed by atoms with Gasteiger partial charge in [-0.3, -0.25) is 0 Å². The lowest BCUT2D eigenvalue weighted by molar-refractivity contribution is 0.340. The average molecular weight is 345 g/mol. The van der Waals surface area contributed by atoms with Crippen molar-refractivity contribution >= 4 is 15.9 Å². The van der Waals surface area contributed by atoms with E-state index in [9.17, 15) is 0 Å². The summed E-state index contributed by atoms with van der Waals surface area (Å²) in [7, 11) is 0. The molecule has 1 aromatic heterocycles. The molecule has 0 saturated carbocycles. The summed E-state index contributed by atoms with van der Waals surface area (Å²) in [6, 6.07) is 15.4. The van der Waals surface area contributed by atoms with Crippen molar-refractivity contribution in [1.82, 2.24) is 10.1 Å².